The molecule has 0 aliphatic heterocycles. The largest absolute Gasteiger partial charge is 0.437 e. The normalized spacial score (nSPS) is 14.9. The van der Waals surface area contributed by atoms with Crippen molar-refractivity contribution in [2.75, 3.05) is 0 Å². The first-order valence-corrected chi connectivity index (χ1v) is 6.35. The predicted molar refractivity (Wildman–Crippen MR) is 50.5 cm³/mol. The van der Waals surface area contributed by atoms with E-state index in [9.17, 15) is 34.8 Å². The smallest absolute Gasteiger partial charge is 0.281 e. The Hall–Kier alpha value is -0.510. The molecule has 0 aromatic carbocycles. The number of rotatable bonds is 7. The van der Waals surface area contributed by atoms with Crippen molar-refractivity contribution in [3.8, 4) is 0 Å². The zero-order valence-corrected chi connectivity index (χ0v) is 10.1. The average molecular weight is 302 g/mol. The summed E-state index contributed by atoms with van der Waals surface area (Å²) in [5, 5.41) is -6.24. The molecule has 0 spiro atoms. The fraction of sp³-hybridized carbons (Fsp3) is 1.00. The molecule has 0 saturated heterocycles. The molecule has 0 heterocycles. The topological polar surface area (TPSA) is 54.4 Å². The lowest BCUT2D eigenvalue weighted by Gasteiger charge is -2.30. The molecule has 110 valence electrons. The highest BCUT2D eigenvalue weighted by atomic mass is 32.2. The van der Waals surface area contributed by atoms with Crippen molar-refractivity contribution in [2.45, 2.75) is 49.7 Å². The Morgan fingerprint density at radius 1 is 1.00 bits per heavy atom. The van der Waals surface area contributed by atoms with Crippen molar-refractivity contribution in [2.24, 2.45) is 0 Å². The van der Waals surface area contributed by atoms with Crippen molar-refractivity contribution in [3.63, 3.8) is 0 Å². The predicted octanol–water partition coefficient (Wildman–Crippen LogP) is 3.32. The van der Waals surface area contributed by atoms with Gasteiger partial charge in [-0.25, -0.2) is 0 Å². The number of alkyl halides is 6. The summed E-state index contributed by atoms with van der Waals surface area (Å²) in [7, 11) is -6.64. The van der Waals surface area contributed by atoms with Crippen molar-refractivity contribution in [3.05, 3.63) is 0 Å². The lowest BCUT2D eigenvalue weighted by Crippen LogP contribution is -2.57. The minimum atomic E-state index is -6.64. The second-order valence-corrected chi connectivity index (χ2v) is 5.19. The summed E-state index contributed by atoms with van der Waals surface area (Å²) in [6.07, 6.45) is -1.58. The molecule has 0 radical (unpaired) electrons. The maximum atomic E-state index is 12.9. The van der Waals surface area contributed by atoms with E-state index in [4.69, 9.17) is 4.55 Å². The van der Waals surface area contributed by atoms with Crippen LogP contribution in [0.2, 0.25) is 0 Å². The van der Waals surface area contributed by atoms with E-state index in [0.29, 0.717) is 6.42 Å². The van der Waals surface area contributed by atoms with Crippen LogP contribution in [0.25, 0.3) is 0 Å². The monoisotopic (exact) mass is 302 g/mol. The summed E-state index contributed by atoms with van der Waals surface area (Å²) in [6, 6.07) is 0. The van der Waals surface area contributed by atoms with Gasteiger partial charge in [-0.05, 0) is 6.42 Å². The molecule has 0 amide bonds. The molecule has 0 aromatic rings. The number of unbranched alkanes of at least 4 members (excludes halogenated alkanes) is 2. The summed E-state index contributed by atoms with van der Waals surface area (Å²) < 4.78 is 105. The van der Waals surface area contributed by atoms with Gasteiger partial charge in [0.1, 0.15) is 0 Å². The van der Waals surface area contributed by atoms with Crippen LogP contribution in [0.15, 0.2) is 0 Å². The number of hydrogen-bond donors (Lipinski definition) is 1. The van der Waals surface area contributed by atoms with E-state index in [2.05, 4.69) is 0 Å². The molecule has 3 nitrogen and oxygen atoms in total. The minimum Gasteiger partial charge on any atom is -0.281 e. The van der Waals surface area contributed by atoms with Crippen LogP contribution in [0.3, 0.4) is 0 Å². The molecule has 0 aromatic heterocycles. The van der Waals surface area contributed by atoms with E-state index in [1.807, 2.05) is 0 Å². The van der Waals surface area contributed by atoms with E-state index < -0.39 is 40.1 Å². The first-order valence-electron chi connectivity index (χ1n) is 4.91. The summed E-state index contributed by atoms with van der Waals surface area (Å²) in [6.45, 7) is 1.57. The van der Waals surface area contributed by atoms with Crippen molar-refractivity contribution in [1.29, 1.82) is 0 Å². The van der Waals surface area contributed by atoms with Crippen LogP contribution >= 0.6 is 0 Å². The Morgan fingerprint density at radius 3 is 1.78 bits per heavy atom. The van der Waals surface area contributed by atoms with Crippen LogP contribution < -0.4 is 0 Å². The Labute approximate surface area is 99.9 Å². The summed E-state index contributed by atoms with van der Waals surface area (Å²) in [4.78, 5) is 0. The van der Waals surface area contributed by atoms with Gasteiger partial charge in [-0.2, -0.15) is 34.8 Å². The molecule has 0 unspecified atom stereocenters. The molecule has 18 heavy (non-hydrogen) atoms. The highest BCUT2D eigenvalue weighted by Crippen LogP contribution is 2.49. The zero-order valence-electron chi connectivity index (χ0n) is 9.27. The van der Waals surface area contributed by atoms with Gasteiger partial charge in [0.25, 0.3) is 0 Å². The van der Waals surface area contributed by atoms with E-state index >= 15 is 0 Å². The molecular formula is C8H12F6O3S. The Balaban J connectivity index is 5.23. The van der Waals surface area contributed by atoms with Crippen LogP contribution in [-0.4, -0.2) is 30.1 Å². The van der Waals surface area contributed by atoms with Crippen LogP contribution in [0.1, 0.15) is 32.6 Å². The van der Waals surface area contributed by atoms with Gasteiger partial charge in [-0.1, -0.05) is 19.8 Å². The average Bonchev–Trinajstić information content (AvgIpc) is 2.15. The molecule has 0 atom stereocenters. The maximum Gasteiger partial charge on any atom is 0.437 e. The summed E-state index contributed by atoms with van der Waals surface area (Å²) in [5.41, 5.74) is 0. The molecular weight excluding hydrogens is 290 g/mol. The Kier molecular flexibility index (Phi) is 5.09. The molecule has 0 bridgehead atoms. The minimum absolute atomic E-state index is 0.100. The quantitative estimate of drug-likeness (QED) is 0.446. The van der Waals surface area contributed by atoms with Gasteiger partial charge in [0.2, 0.25) is 0 Å². The molecule has 0 saturated carbocycles. The van der Waals surface area contributed by atoms with E-state index in [-0.39, 0.29) is 6.42 Å². The van der Waals surface area contributed by atoms with Crippen LogP contribution in [0.4, 0.5) is 26.3 Å². The van der Waals surface area contributed by atoms with Gasteiger partial charge < -0.3 is 0 Å². The lowest BCUT2D eigenvalue weighted by molar-refractivity contribution is -0.282. The van der Waals surface area contributed by atoms with E-state index in [0.717, 1.165) is 0 Å². The van der Waals surface area contributed by atoms with Gasteiger partial charge in [0, 0.05) is 6.42 Å². The molecule has 10 heteroatoms. The number of halogens is 6. The second kappa shape index (κ2) is 5.24. The Morgan fingerprint density at radius 2 is 1.44 bits per heavy atom. The van der Waals surface area contributed by atoms with Crippen molar-refractivity contribution < 1.29 is 39.3 Å². The van der Waals surface area contributed by atoms with Gasteiger partial charge in [0.05, 0.1) is 0 Å². The first-order chi connectivity index (χ1) is 7.81. The third-order valence-corrected chi connectivity index (χ3v) is 3.15. The maximum absolute atomic E-state index is 12.9. The van der Waals surface area contributed by atoms with E-state index in [1.165, 1.54) is 0 Å². The van der Waals surface area contributed by atoms with Crippen molar-refractivity contribution in [1.82, 2.24) is 0 Å². The van der Waals surface area contributed by atoms with Gasteiger partial charge in [-0.3, -0.25) is 4.55 Å². The van der Waals surface area contributed by atoms with Gasteiger partial charge in [0.15, 0.2) is 0 Å². The highest BCUT2D eigenvalue weighted by Gasteiger charge is 2.76. The molecule has 0 aliphatic rings. The number of hydrogen-bond acceptors (Lipinski definition) is 2. The van der Waals surface area contributed by atoms with Crippen LogP contribution in [-0.2, 0) is 10.1 Å². The summed E-state index contributed by atoms with van der Waals surface area (Å²) >= 11 is 0. The van der Waals surface area contributed by atoms with Crippen LogP contribution in [0.5, 0.6) is 0 Å². The van der Waals surface area contributed by atoms with Gasteiger partial charge in [-0.15, -0.1) is 0 Å². The molecule has 1 N–H and O–H groups in total. The molecule has 0 aliphatic carbocycles. The highest BCUT2D eigenvalue weighted by molar-refractivity contribution is 7.87. The van der Waals surface area contributed by atoms with E-state index in [1.54, 1.807) is 6.92 Å². The standard InChI is InChI=1S/C8H12F6O3S/c1-2-3-4-5-6(9,10)7(11,12)8(13,14)18(15,16)17/h2-5H2,1H3,(H,15,16,17). The SMILES string of the molecule is CCCCCC(F)(F)C(F)(F)C(F)(F)S(=O)(=O)O. The third-order valence-electron chi connectivity index (χ3n) is 2.24. The fourth-order valence-electron chi connectivity index (χ4n) is 1.13. The third kappa shape index (κ3) is 3.08. The molecule has 0 fully saturated rings. The fourth-order valence-corrected chi connectivity index (χ4v) is 1.60. The lowest BCUT2D eigenvalue weighted by atomic mass is 10.0. The second-order valence-electron chi connectivity index (χ2n) is 3.73. The molecule has 0 rings (SSSR count). The first kappa shape index (κ1) is 17.5. The van der Waals surface area contributed by atoms with Crippen LogP contribution in [0, 0.1) is 0 Å². The zero-order chi connectivity index (χ0) is 14.8. The Bertz CT molecular complexity index is 378. The van der Waals surface area contributed by atoms with Gasteiger partial charge >= 0.3 is 27.2 Å². The van der Waals surface area contributed by atoms with Crippen molar-refractivity contribution >= 4 is 10.1 Å². The summed E-state index contributed by atoms with van der Waals surface area (Å²) in [5.74, 6) is -11.4.